The van der Waals surface area contributed by atoms with Crippen molar-refractivity contribution in [2.24, 2.45) is 5.41 Å². The molecular weight excluding hydrogens is 248 g/mol. The second-order valence-corrected chi connectivity index (χ2v) is 5.40. The van der Waals surface area contributed by atoms with Gasteiger partial charge in [-0.2, -0.15) is 0 Å². The van der Waals surface area contributed by atoms with Crippen LogP contribution >= 0.6 is 0 Å². The number of nitrogens with zero attached hydrogens (tertiary/aromatic N) is 3. The van der Waals surface area contributed by atoms with Crippen molar-refractivity contribution in [2.45, 2.75) is 39.2 Å². The average Bonchev–Trinajstić information content (AvgIpc) is 2.97. The molecule has 1 amide bonds. The Morgan fingerprint density at radius 1 is 1.47 bits per heavy atom. The number of nitrogens with one attached hydrogen (secondary N) is 1. The van der Waals surface area contributed by atoms with Gasteiger partial charge in [0, 0.05) is 6.54 Å². The fourth-order valence-electron chi connectivity index (χ4n) is 2.39. The Hall–Kier alpha value is -1.92. The number of carbonyl (C=O) groups excluding carboxylic acids is 1. The molecule has 0 radical (unpaired) electrons. The molecule has 1 fully saturated rings. The van der Waals surface area contributed by atoms with Crippen LogP contribution in [0.2, 0.25) is 0 Å². The number of hydrogen-bond donors (Lipinski definition) is 2. The largest absolute Gasteiger partial charge is 0.476 e. The lowest BCUT2D eigenvalue weighted by Crippen LogP contribution is -2.36. The summed E-state index contributed by atoms with van der Waals surface area (Å²) in [5.41, 5.74) is 0.0418. The van der Waals surface area contributed by atoms with Crippen molar-refractivity contribution >= 4 is 11.9 Å². The lowest BCUT2D eigenvalue weighted by atomic mass is 9.89. The summed E-state index contributed by atoms with van der Waals surface area (Å²) in [6.07, 6.45) is 5.97. The minimum Gasteiger partial charge on any atom is -0.476 e. The predicted octanol–water partition coefficient (Wildman–Crippen LogP) is 0.673. The molecule has 104 valence electrons. The van der Waals surface area contributed by atoms with Gasteiger partial charge >= 0.3 is 5.97 Å². The monoisotopic (exact) mass is 266 g/mol. The van der Waals surface area contributed by atoms with Crippen LogP contribution < -0.4 is 5.32 Å². The van der Waals surface area contributed by atoms with E-state index in [4.69, 9.17) is 5.11 Å². The molecule has 0 atom stereocenters. The van der Waals surface area contributed by atoms with Gasteiger partial charge in [-0.25, -0.2) is 9.48 Å². The standard InChI is InChI=1S/C12H18N4O3/c1-12(4-2-3-5-12)8-13-10(17)7-16-6-9(11(18)19)14-15-16/h6H,2-5,7-8H2,1H3,(H,13,17)(H,18,19). The Kier molecular flexibility index (Phi) is 3.82. The number of amides is 1. The molecule has 2 rings (SSSR count). The minimum atomic E-state index is -1.15. The van der Waals surface area contributed by atoms with E-state index in [1.165, 1.54) is 23.7 Å². The molecular formula is C12H18N4O3. The average molecular weight is 266 g/mol. The van der Waals surface area contributed by atoms with Crippen molar-refractivity contribution in [3.63, 3.8) is 0 Å². The molecule has 0 bridgehead atoms. The smallest absolute Gasteiger partial charge is 0.358 e. The molecule has 1 saturated carbocycles. The minimum absolute atomic E-state index is 0.00361. The van der Waals surface area contributed by atoms with Crippen LogP contribution in [-0.2, 0) is 11.3 Å². The van der Waals surface area contributed by atoms with Gasteiger partial charge in [-0.3, -0.25) is 4.79 Å². The van der Waals surface area contributed by atoms with Crippen molar-refractivity contribution in [3.05, 3.63) is 11.9 Å². The van der Waals surface area contributed by atoms with E-state index in [0.29, 0.717) is 6.54 Å². The fourth-order valence-corrected chi connectivity index (χ4v) is 2.39. The summed E-state index contributed by atoms with van der Waals surface area (Å²) in [4.78, 5) is 22.4. The van der Waals surface area contributed by atoms with Gasteiger partial charge in [0.2, 0.25) is 5.91 Å². The first-order valence-electron chi connectivity index (χ1n) is 6.39. The summed E-state index contributed by atoms with van der Waals surface area (Å²) < 4.78 is 1.23. The number of rotatable bonds is 5. The van der Waals surface area contributed by atoms with E-state index in [-0.39, 0.29) is 23.6 Å². The topological polar surface area (TPSA) is 97.1 Å². The highest BCUT2D eigenvalue weighted by atomic mass is 16.4. The zero-order valence-corrected chi connectivity index (χ0v) is 10.9. The number of carbonyl (C=O) groups is 2. The van der Waals surface area contributed by atoms with Crippen molar-refractivity contribution < 1.29 is 14.7 Å². The van der Waals surface area contributed by atoms with Crippen LogP contribution in [0.5, 0.6) is 0 Å². The number of hydrogen-bond acceptors (Lipinski definition) is 4. The quantitative estimate of drug-likeness (QED) is 0.816. The molecule has 19 heavy (non-hydrogen) atoms. The summed E-state index contributed by atoms with van der Waals surface area (Å²) in [5.74, 6) is -1.32. The van der Waals surface area contributed by atoms with Gasteiger partial charge in [0.25, 0.3) is 0 Å². The van der Waals surface area contributed by atoms with Gasteiger partial charge in [-0.15, -0.1) is 5.10 Å². The second kappa shape index (κ2) is 5.38. The molecule has 1 aliphatic carbocycles. The molecule has 0 aromatic carbocycles. The molecule has 1 heterocycles. The highest BCUT2D eigenvalue weighted by molar-refractivity contribution is 5.84. The molecule has 7 nitrogen and oxygen atoms in total. The lowest BCUT2D eigenvalue weighted by molar-refractivity contribution is -0.122. The number of carboxylic acids is 1. The van der Waals surface area contributed by atoms with E-state index < -0.39 is 5.97 Å². The SMILES string of the molecule is CC1(CNC(=O)Cn2cc(C(=O)O)nn2)CCCC1. The Labute approximate surface area is 111 Å². The maximum absolute atomic E-state index is 11.7. The van der Waals surface area contributed by atoms with Crippen LogP contribution in [0.3, 0.4) is 0 Å². The highest BCUT2D eigenvalue weighted by Gasteiger charge is 2.28. The summed E-state index contributed by atoms with van der Waals surface area (Å²) >= 11 is 0. The fraction of sp³-hybridized carbons (Fsp3) is 0.667. The normalized spacial score (nSPS) is 17.3. The second-order valence-electron chi connectivity index (χ2n) is 5.40. The van der Waals surface area contributed by atoms with Crippen LogP contribution in [0.4, 0.5) is 0 Å². The molecule has 2 N–H and O–H groups in total. The predicted molar refractivity (Wildman–Crippen MR) is 66.6 cm³/mol. The molecule has 0 spiro atoms. The van der Waals surface area contributed by atoms with Crippen molar-refractivity contribution in [2.75, 3.05) is 6.54 Å². The first kappa shape index (κ1) is 13.5. The molecule has 7 heteroatoms. The maximum atomic E-state index is 11.7. The summed E-state index contributed by atoms with van der Waals surface area (Å²) in [7, 11) is 0. The Morgan fingerprint density at radius 3 is 2.74 bits per heavy atom. The van der Waals surface area contributed by atoms with E-state index in [0.717, 1.165) is 12.8 Å². The van der Waals surface area contributed by atoms with Crippen molar-refractivity contribution in [1.82, 2.24) is 20.3 Å². The number of carboxylic acid groups (broad SMARTS) is 1. The molecule has 1 aliphatic rings. The number of aromatic nitrogens is 3. The van der Waals surface area contributed by atoms with Gasteiger partial charge in [-0.05, 0) is 18.3 Å². The third-order valence-electron chi connectivity index (χ3n) is 3.59. The third kappa shape index (κ3) is 3.52. The Morgan fingerprint density at radius 2 is 2.16 bits per heavy atom. The van der Waals surface area contributed by atoms with Gasteiger partial charge < -0.3 is 10.4 Å². The van der Waals surface area contributed by atoms with E-state index in [9.17, 15) is 9.59 Å². The van der Waals surface area contributed by atoms with Crippen LogP contribution in [0, 0.1) is 5.41 Å². The first-order chi connectivity index (χ1) is 8.98. The number of aromatic carboxylic acids is 1. The first-order valence-corrected chi connectivity index (χ1v) is 6.39. The van der Waals surface area contributed by atoms with Gasteiger partial charge in [0.1, 0.15) is 6.54 Å². The van der Waals surface area contributed by atoms with Gasteiger partial charge in [-0.1, -0.05) is 25.0 Å². The van der Waals surface area contributed by atoms with Crippen molar-refractivity contribution in [3.8, 4) is 0 Å². The van der Waals surface area contributed by atoms with Crippen LogP contribution in [0.25, 0.3) is 0 Å². The molecule has 0 aliphatic heterocycles. The van der Waals surface area contributed by atoms with Crippen LogP contribution in [-0.4, -0.2) is 38.5 Å². The Bertz CT molecular complexity index is 477. The van der Waals surface area contributed by atoms with E-state index in [1.807, 2.05) is 0 Å². The van der Waals surface area contributed by atoms with E-state index in [1.54, 1.807) is 0 Å². The zero-order chi connectivity index (χ0) is 13.9. The summed E-state index contributed by atoms with van der Waals surface area (Å²) in [6, 6.07) is 0. The Balaban J connectivity index is 1.82. The van der Waals surface area contributed by atoms with Crippen LogP contribution in [0.15, 0.2) is 6.20 Å². The molecule has 1 aromatic rings. The van der Waals surface area contributed by atoms with Crippen LogP contribution in [0.1, 0.15) is 43.1 Å². The third-order valence-corrected chi connectivity index (χ3v) is 3.59. The maximum Gasteiger partial charge on any atom is 0.358 e. The lowest BCUT2D eigenvalue weighted by Gasteiger charge is -2.23. The van der Waals surface area contributed by atoms with Gasteiger partial charge in [0.05, 0.1) is 6.20 Å². The van der Waals surface area contributed by atoms with Gasteiger partial charge in [0.15, 0.2) is 5.69 Å². The molecule has 0 saturated heterocycles. The van der Waals surface area contributed by atoms with Crippen molar-refractivity contribution in [1.29, 1.82) is 0 Å². The zero-order valence-electron chi connectivity index (χ0n) is 10.9. The van der Waals surface area contributed by atoms with E-state index >= 15 is 0 Å². The summed E-state index contributed by atoms with van der Waals surface area (Å²) in [5, 5.41) is 18.6. The van der Waals surface area contributed by atoms with E-state index in [2.05, 4.69) is 22.6 Å². The highest BCUT2D eigenvalue weighted by Crippen LogP contribution is 2.36. The summed E-state index contributed by atoms with van der Waals surface area (Å²) in [6.45, 7) is 2.83. The molecule has 1 aromatic heterocycles. The molecule has 0 unspecified atom stereocenters.